The number of hydrogen-bond donors (Lipinski definition) is 1. The lowest BCUT2D eigenvalue weighted by Gasteiger charge is -2.35. The second kappa shape index (κ2) is 12.0. The molecule has 0 amide bonds. The zero-order chi connectivity index (χ0) is 21.2. The van der Waals surface area contributed by atoms with Crippen LogP contribution in [0.5, 0.6) is 5.75 Å². The van der Waals surface area contributed by atoms with Crippen LogP contribution >= 0.6 is 0 Å². The van der Waals surface area contributed by atoms with Crippen molar-refractivity contribution in [3.63, 3.8) is 0 Å². The largest absolute Gasteiger partial charge is 0.491 e. The Hall–Kier alpha value is -1.95. The number of halogens is 1. The molecule has 0 aromatic heterocycles. The van der Waals surface area contributed by atoms with Crippen LogP contribution in [0.1, 0.15) is 30.9 Å². The summed E-state index contributed by atoms with van der Waals surface area (Å²) in [6.45, 7) is 8.94. The zero-order valence-electron chi connectivity index (χ0n) is 18.1. The van der Waals surface area contributed by atoms with Crippen LogP contribution in [0.3, 0.4) is 0 Å². The minimum Gasteiger partial charge on any atom is -0.491 e. The molecule has 1 aliphatic heterocycles. The second-order valence-electron chi connectivity index (χ2n) is 8.23. The number of nitrogens with zero attached hydrogens (tertiary/aromatic N) is 2. The van der Waals surface area contributed by atoms with Crippen molar-refractivity contribution in [1.29, 1.82) is 0 Å². The van der Waals surface area contributed by atoms with Crippen LogP contribution in [-0.4, -0.2) is 60.8 Å². The van der Waals surface area contributed by atoms with E-state index >= 15 is 0 Å². The molecule has 1 saturated heterocycles. The molecular weight excluding hydrogens is 379 g/mol. The van der Waals surface area contributed by atoms with Gasteiger partial charge in [-0.2, -0.15) is 0 Å². The normalized spacial score (nSPS) is 17.4. The van der Waals surface area contributed by atoms with Gasteiger partial charge in [0, 0.05) is 26.2 Å². The van der Waals surface area contributed by atoms with E-state index in [0.29, 0.717) is 12.5 Å². The molecule has 2 aromatic rings. The quantitative estimate of drug-likeness (QED) is 0.604. The molecule has 0 saturated carbocycles. The predicted molar refractivity (Wildman–Crippen MR) is 119 cm³/mol. The summed E-state index contributed by atoms with van der Waals surface area (Å²) in [6, 6.07) is 15.2. The third-order valence-electron chi connectivity index (χ3n) is 5.86. The highest BCUT2D eigenvalue weighted by Crippen LogP contribution is 2.20. The maximum absolute atomic E-state index is 13.4. The molecule has 1 N–H and O–H groups in total. The van der Waals surface area contributed by atoms with Gasteiger partial charge in [0.15, 0.2) is 0 Å². The van der Waals surface area contributed by atoms with Crippen molar-refractivity contribution in [1.82, 2.24) is 9.80 Å². The summed E-state index contributed by atoms with van der Waals surface area (Å²) in [5.41, 5.74) is 2.37. The van der Waals surface area contributed by atoms with E-state index in [9.17, 15) is 4.39 Å². The van der Waals surface area contributed by atoms with Gasteiger partial charge in [-0.3, -0.25) is 4.90 Å². The molecular formula is C25H35FN2O2. The van der Waals surface area contributed by atoms with Crippen molar-refractivity contribution >= 4 is 0 Å². The Balaban J connectivity index is 1.46. The van der Waals surface area contributed by atoms with Crippen molar-refractivity contribution in [3.05, 3.63) is 65.5 Å². The molecule has 0 spiro atoms. The van der Waals surface area contributed by atoms with E-state index in [4.69, 9.17) is 9.84 Å². The average molecular weight is 415 g/mol. The van der Waals surface area contributed by atoms with Crippen molar-refractivity contribution < 1.29 is 14.2 Å². The molecule has 30 heavy (non-hydrogen) atoms. The smallest absolute Gasteiger partial charge is 0.123 e. The van der Waals surface area contributed by atoms with Gasteiger partial charge in [-0.15, -0.1) is 0 Å². The molecule has 3 rings (SSSR count). The number of aliphatic hydroxyl groups is 1. The van der Waals surface area contributed by atoms with Crippen LogP contribution < -0.4 is 4.74 Å². The summed E-state index contributed by atoms with van der Waals surface area (Å²) in [4.78, 5) is 5.06. The van der Waals surface area contributed by atoms with Crippen LogP contribution in [0.15, 0.2) is 48.5 Å². The fraction of sp³-hybridized carbons (Fsp3) is 0.520. The predicted octanol–water partition coefficient (Wildman–Crippen LogP) is 3.97. The minimum atomic E-state index is -0.143. The molecule has 1 heterocycles. The number of aliphatic hydroxyl groups excluding tert-OH is 1. The first-order valence-corrected chi connectivity index (χ1v) is 11.2. The Labute approximate surface area is 180 Å². The molecule has 0 unspecified atom stereocenters. The highest BCUT2D eigenvalue weighted by Gasteiger charge is 2.21. The lowest BCUT2D eigenvalue weighted by molar-refractivity contribution is 0.133. The molecule has 1 aliphatic rings. The van der Waals surface area contributed by atoms with Crippen molar-refractivity contribution in [2.75, 3.05) is 45.9 Å². The second-order valence-corrected chi connectivity index (χ2v) is 8.23. The fourth-order valence-corrected chi connectivity index (χ4v) is 4.27. The maximum Gasteiger partial charge on any atom is 0.123 e. The number of hydrogen-bond acceptors (Lipinski definition) is 4. The topological polar surface area (TPSA) is 35.9 Å². The van der Waals surface area contributed by atoms with Gasteiger partial charge >= 0.3 is 0 Å². The van der Waals surface area contributed by atoms with E-state index in [-0.39, 0.29) is 12.4 Å². The van der Waals surface area contributed by atoms with E-state index in [1.54, 1.807) is 12.1 Å². The van der Waals surface area contributed by atoms with Crippen molar-refractivity contribution in [2.45, 2.75) is 32.7 Å². The van der Waals surface area contributed by atoms with Crippen molar-refractivity contribution in [3.8, 4) is 5.75 Å². The molecule has 0 radical (unpaired) electrons. The van der Waals surface area contributed by atoms with Gasteiger partial charge in [-0.05, 0) is 73.7 Å². The highest BCUT2D eigenvalue weighted by molar-refractivity contribution is 5.27. The van der Waals surface area contributed by atoms with Gasteiger partial charge in [-0.25, -0.2) is 4.39 Å². The average Bonchev–Trinajstić information content (AvgIpc) is 2.77. The van der Waals surface area contributed by atoms with Crippen molar-refractivity contribution in [2.24, 2.45) is 5.92 Å². The number of ether oxygens (including phenoxy) is 1. The number of benzene rings is 2. The first-order valence-electron chi connectivity index (χ1n) is 11.2. The van der Waals surface area contributed by atoms with Gasteiger partial charge in [0.25, 0.3) is 0 Å². The summed E-state index contributed by atoms with van der Waals surface area (Å²) in [5, 5.41) is 8.86. The SMILES string of the molecule is CCN(Cc1ccc(OCCO)cc1)C[C@@H]1CCCN(CCc2cccc(F)c2)C1. The van der Waals surface area contributed by atoms with E-state index in [1.807, 2.05) is 18.2 Å². The van der Waals surface area contributed by atoms with Crippen LogP contribution in [0.4, 0.5) is 4.39 Å². The fourth-order valence-electron chi connectivity index (χ4n) is 4.27. The van der Waals surface area contributed by atoms with E-state index < -0.39 is 0 Å². The lowest BCUT2D eigenvalue weighted by Crippen LogP contribution is -2.41. The number of piperidine rings is 1. The molecule has 1 fully saturated rings. The summed E-state index contributed by atoms with van der Waals surface area (Å²) >= 11 is 0. The van der Waals surface area contributed by atoms with Gasteiger partial charge in [0.2, 0.25) is 0 Å². The molecule has 0 bridgehead atoms. The summed E-state index contributed by atoms with van der Waals surface area (Å²) < 4.78 is 18.8. The molecule has 4 nitrogen and oxygen atoms in total. The number of rotatable bonds is 11. The first kappa shape index (κ1) is 22.7. The van der Waals surface area contributed by atoms with E-state index in [0.717, 1.165) is 57.0 Å². The van der Waals surface area contributed by atoms with Gasteiger partial charge in [0.05, 0.1) is 6.61 Å². The third kappa shape index (κ3) is 7.38. The third-order valence-corrected chi connectivity index (χ3v) is 5.86. The summed E-state index contributed by atoms with van der Waals surface area (Å²) in [5.74, 6) is 1.34. The lowest BCUT2D eigenvalue weighted by atomic mass is 9.96. The Morgan fingerprint density at radius 1 is 1.17 bits per heavy atom. The van der Waals surface area contributed by atoms with Gasteiger partial charge in [0.1, 0.15) is 18.2 Å². The maximum atomic E-state index is 13.4. The highest BCUT2D eigenvalue weighted by atomic mass is 19.1. The number of likely N-dealkylation sites (tertiary alicyclic amines) is 1. The monoisotopic (exact) mass is 414 g/mol. The van der Waals surface area contributed by atoms with E-state index in [2.05, 4.69) is 28.9 Å². The Morgan fingerprint density at radius 3 is 2.73 bits per heavy atom. The van der Waals surface area contributed by atoms with E-state index in [1.165, 1.54) is 24.5 Å². The Bertz CT molecular complexity index is 753. The molecule has 164 valence electrons. The Kier molecular flexibility index (Phi) is 9.12. The summed E-state index contributed by atoms with van der Waals surface area (Å²) in [7, 11) is 0. The van der Waals surface area contributed by atoms with Gasteiger partial charge in [-0.1, -0.05) is 31.2 Å². The van der Waals surface area contributed by atoms with Crippen LogP contribution in [0.2, 0.25) is 0 Å². The molecule has 5 heteroatoms. The zero-order valence-corrected chi connectivity index (χ0v) is 18.1. The molecule has 0 aliphatic carbocycles. The van der Waals surface area contributed by atoms with Crippen LogP contribution in [-0.2, 0) is 13.0 Å². The van der Waals surface area contributed by atoms with Gasteiger partial charge < -0.3 is 14.7 Å². The van der Waals surface area contributed by atoms with Crippen LogP contribution in [0.25, 0.3) is 0 Å². The first-order chi connectivity index (χ1) is 14.7. The molecule has 2 aromatic carbocycles. The standard InChI is InChI=1S/C25H35FN2O2/c1-2-27(18-22-8-10-25(11-9-22)30-16-15-29)19-23-6-4-13-28(20-23)14-12-21-5-3-7-24(26)17-21/h3,5,7-11,17,23,29H,2,4,6,12-16,18-20H2,1H3/t23-/m0/s1. The summed E-state index contributed by atoms with van der Waals surface area (Å²) in [6.07, 6.45) is 3.43. The minimum absolute atomic E-state index is 0.0337. The Morgan fingerprint density at radius 2 is 2.00 bits per heavy atom. The molecule has 1 atom stereocenters. The van der Waals surface area contributed by atoms with Crippen LogP contribution in [0, 0.1) is 11.7 Å².